The van der Waals surface area contributed by atoms with Gasteiger partial charge in [-0.05, 0) is 17.5 Å². The van der Waals surface area contributed by atoms with Crippen molar-refractivity contribution in [2.75, 3.05) is 5.75 Å². The summed E-state index contributed by atoms with van der Waals surface area (Å²) in [7, 11) is 0. The third-order valence-electron chi connectivity index (χ3n) is 3.21. The Morgan fingerprint density at radius 2 is 2.28 bits per heavy atom. The molecule has 0 bridgehead atoms. The highest BCUT2D eigenvalue weighted by atomic mass is 32.2. The number of thioether (sulfide) groups is 1. The number of pyridine rings is 1. The molecule has 0 aliphatic rings. The molecule has 7 nitrogen and oxygen atoms in total. The first kappa shape index (κ1) is 17.0. The molecule has 124 valence electrons. The second-order valence-corrected chi connectivity index (χ2v) is 6.68. The monoisotopic (exact) mass is 368 g/mol. The van der Waals surface area contributed by atoms with Gasteiger partial charge in [0.2, 0.25) is 5.91 Å². The second-order valence-electron chi connectivity index (χ2n) is 4.77. The highest BCUT2D eigenvalue weighted by Crippen LogP contribution is 2.35. The van der Waals surface area contributed by atoms with Crippen molar-refractivity contribution in [3.8, 4) is 27.9 Å². The zero-order valence-electron chi connectivity index (χ0n) is 12.8. The first-order chi connectivity index (χ1) is 12.2. The van der Waals surface area contributed by atoms with Crippen molar-refractivity contribution in [3.05, 3.63) is 47.7 Å². The van der Waals surface area contributed by atoms with Crippen LogP contribution in [0.2, 0.25) is 0 Å². The Balaban J connectivity index is 2.13. The standard InChI is InChI=1S/C16H12N6OS2/c17-7-11-10(14-2-1-5-24-14)6-12(13-8-19-3-4-20-13)21-16(11)25-9-15(23)22-18/h1-6,8H,9,18H2,(H,22,23). The molecule has 9 heteroatoms. The average molecular weight is 368 g/mol. The molecule has 0 aromatic carbocycles. The van der Waals surface area contributed by atoms with E-state index in [9.17, 15) is 10.1 Å². The van der Waals surface area contributed by atoms with Crippen molar-refractivity contribution < 1.29 is 4.79 Å². The number of hydrogen-bond donors (Lipinski definition) is 2. The molecule has 0 spiro atoms. The lowest BCUT2D eigenvalue weighted by molar-refractivity contribution is -0.118. The zero-order valence-corrected chi connectivity index (χ0v) is 14.5. The molecular weight excluding hydrogens is 356 g/mol. The number of carbonyl (C=O) groups is 1. The topological polar surface area (TPSA) is 118 Å². The number of amides is 1. The van der Waals surface area contributed by atoms with Crippen LogP contribution in [-0.4, -0.2) is 26.6 Å². The summed E-state index contributed by atoms with van der Waals surface area (Å²) in [6.07, 6.45) is 4.76. The number of hydrogen-bond acceptors (Lipinski definition) is 8. The fraction of sp³-hybridized carbons (Fsp3) is 0.0625. The Bertz CT molecular complexity index is 922. The maximum atomic E-state index is 11.5. The summed E-state index contributed by atoms with van der Waals surface area (Å²) < 4.78 is 0. The van der Waals surface area contributed by atoms with Crippen molar-refractivity contribution in [1.82, 2.24) is 20.4 Å². The van der Waals surface area contributed by atoms with Gasteiger partial charge in [0.15, 0.2) is 0 Å². The van der Waals surface area contributed by atoms with Gasteiger partial charge < -0.3 is 0 Å². The van der Waals surface area contributed by atoms with Crippen LogP contribution in [0.3, 0.4) is 0 Å². The number of nitrogens with zero attached hydrogens (tertiary/aromatic N) is 4. The van der Waals surface area contributed by atoms with Gasteiger partial charge in [-0.1, -0.05) is 17.8 Å². The van der Waals surface area contributed by atoms with Gasteiger partial charge in [-0.2, -0.15) is 5.26 Å². The summed E-state index contributed by atoms with van der Waals surface area (Å²) in [6.45, 7) is 0. The second kappa shape index (κ2) is 7.85. The van der Waals surface area contributed by atoms with Gasteiger partial charge >= 0.3 is 0 Å². The Morgan fingerprint density at radius 1 is 1.40 bits per heavy atom. The maximum Gasteiger partial charge on any atom is 0.244 e. The van der Waals surface area contributed by atoms with E-state index in [4.69, 9.17) is 5.84 Å². The number of rotatable bonds is 5. The quantitative estimate of drug-likeness (QED) is 0.307. The van der Waals surface area contributed by atoms with Crippen LogP contribution in [-0.2, 0) is 4.79 Å². The Kier molecular flexibility index (Phi) is 5.35. The third-order valence-corrected chi connectivity index (χ3v) is 5.09. The van der Waals surface area contributed by atoms with E-state index in [2.05, 4.69) is 26.4 Å². The molecule has 25 heavy (non-hydrogen) atoms. The van der Waals surface area contributed by atoms with E-state index in [1.54, 1.807) is 18.6 Å². The molecule has 3 rings (SSSR count). The normalized spacial score (nSPS) is 10.2. The van der Waals surface area contributed by atoms with Crippen LogP contribution in [0.5, 0.6) is 0 Å². The van der Waals surface area contributed by atoms with Gasteiger partial charge in [0.1, 0.15) is 16.8 Å². The van der Waals surface area contributed by atoms with E-state index in [-0.39, 0.29) is 11.7 Å². The predicted octanol–water partition coefficient (Wildman–Crippen LogP) is 2.22. The van der Waals surface area contributed by atoms with Crippen molar-refractivity contribution in [1.29, 1.82) is 5.26 Å². The van der Waals surface area contributed by atoms with E-state index in [0.717, 1.165) is 22.2 Å². The highest BCUT2D eigenvalue weighted by Gasteiger charge is 2.17. The predicted molar refractivity (Wildman–Crippen MR) is 96.3 cm³/mol. The first-order valence-corrected chi connectivity index (χ1v) is 8.97. The van der Waals surface area contributed by atoms with Crippen molar-refractivity contribution in [3.63, 3.8) is 0 Å². The van der Waals surface area contributed by atoms with Gasteiger partial charge in [-0.25, -0.2) is 10.8 Å². The number of carbonyl (C=O) groups excluding carboxylic acids is 1. The number of nitrogens with one attached hydrogen (secondary N) is 1. The van der Waals surface area contributed by atoms with Crippen LogP contribution in [0, 0.1) is 11.3 Å². The van der Waals surface area contributed by atoms with Crippen molar-refractivity contribution in [2.45, 2.75) is 5.03 Å². The van der Waals surface area contributed by atoms with Gasteiger partial charge in [0, 0.05) is 22.8 Å². The molecule has 0 unspecified atom stereocenters. The van der Waals surface area contributed by atoms with Crippen LogP contribution in [0.15, 0.2) is 47.2 Å². The molecule has 3 N–H and O–H groups in total. The summed E-state index contributed by atoms with van der Waals surface area (Å²) in [4.78, 5) is 25.2. The number of aromatic nitrogens is 3. The van der Waals surface area contributed by atoms with Gasteiger partial charge in [-0.3, -0.25) is 20.2 Å². The molecule has 1 amide bonds. The zero-order chi connectivity index (χ0) is 17.6. The van der Waals surface area contributed by atoms with E-state index >= 15 is 0 Å². The molecule has 0 saturated heterocycles. The highest BCUT2D eigenvalue weighted by molar-refractivity contribution is 8.00. The lowest BCUT2D eigenvalue weighted by Crippen LogP contribution is -2.31. The van der Waals surface area contributed by atoms with Crippen LogP contribution in [0.25, 0.3) is 21.8 Å². The minimum absolute atomic E-state index is 0.0615. The van der Waals surface area contributed by atoms with Crippen molar-refractivity contribution >= 4 is 29.0 Å². The molecule has 0 radical (unpaired) electrons. The van der Waals surface area contributed by atoms with E-state index in [1.165, 1.54) is 11.3 Å². The molecule has 0 aliphatic carbocycles. The lowest BCUT2D eigenvalue weighted by atomic mass is 10.1. The molecule has 0 atom stereocenters. The molecule has 3 heterocycles. The van der Waals surface area contributed by atoms with E-state index < -0.39 is 0 Å². The minimum atomic E-state index is -0.349. The first-order valence-electron chi connectivity index (χ1n) is 7.10. The van der Waals surface area contributed by atoms with E-state index in [1.807, 2.05) is 23.6 Å². The Labute approximate surface area is 151 Å². The maximum absolute atomic E-state index is 11.5. The molecule has 3 aromatic rings. The number of thiophene rings is 1. The molecule has 0 aliphatic heterocycles. The SMILES string of the molecule is N#Cc1c(-c2cccs2)cc(-c2cnccn2)nc1SCC(=O)NN. The number of nitrogens with two attached hydrogens (primary N) is 1. The molecule has 0 fully saturated rings. The molecular formula is C16H12N6OS2. The largest absolute Gasteiger partial charge is 0.294 e. The van der Waals surface area contributed by atoms with Gasteiger partial charge in [0.05, 0.1) is 23.2 Å². The smallest absolute Gasteiger partial charge is 0.244 e. The molecule has 3 aromatic heterocycles. The summed E-state index contributed by atoms with van der Waals surface area (Å²) in [6, 6.07) is 7.87. The Morgan fingerprint density at radius 3 is 2.92 bits per heavy atom. The molecule has 0 saturated carbocycles. The Hall–Kier alpha value is -2.80. The van der Waals surface area contributed by atoms with Crippen LogP contribution in [0.1, 0.15) is 5.56 Å². The van der Waals surface area contributed by atoms with Gasteiger partial charge in [-0.15, -0.1) is 11.3 Å². The third kappa shape index (κ3) is 3.83. The van der Waals surface area contributed by atoms with Crippen LogP contribution >= 0.6 is 23.1 Å². The van der Waals surface area contributed by atoms with Crippen LogP contribution < -0.4 is 11.3 Å². The minimum Gasteiger partial charge on any atom is -0.294 e. The number of nitriles is 1. The fourth-order valence-electron chi connectivity index (χ4n) is 2.10. The summed E-state index contributed by atoms with van der Waals surface area (Å²) in [5.41, 5.74) is 4.43. The van der Waals surface area contributed by atoms with Crippen LogP contribution in [0.4, 0.5) is 0 Å². The summed E-state index contributed by atoms with van der Waals surface area (Å²) in [5.74, 6) is 4.83. The van der Waals surface area contributed by atoms with Crippen molar-refractivity contribution in [2.24, 2.45) is 5.84 Å². The summed E-state index contributed by atoms with van der Waals surface area (Å²) >= 11 is 2.68. The van der Waals surface area contributed by atoms with Gasteiger partial charge in [0.25, 0.3) is 0 Å². The fourth-order valence-corrected chi connectivity index (χ4v) is 3.66. The average Bonchev–Trinajstić information content (AvgIpc) is 3.20. The lowest BCUT2D eigenvalue weighted by Gasteiger charge is -2.10. The summed E-state index contributed by atoms with van der Waals surface area (Å²) in [5, 5.41) is 12.0. The van der Waals surface area contributed by atoms with E-state index in [0.29, 0.717) is 22.0 Å². The number of hydrazine groups is 1.